The molecule has 0 saturated heterocycles. The second kappa shape index (κ2) is 2.98. The van der Waals surface area contributed by atoms with Crippen molar-refractivity contribution in [2.45, 2.75) is 44.1 Å². The first kappa shape index (κ1) is 7.35. The van der Waals surface area contributed by atoms with E-state index in [1.54, 1.807) is 0 Å². The first-order valence-electron chi connectivity index (χ1n) is 4.70. The lowest BCUT2D eigenvalue weighted by Crippen LogP contribution is -2.36. The fourth-order valence-electron chi connectivity index (χ4n) is 2.19. The van der Waals surface area contributed by atoms with Crippen LogP contribution in [-0.4, -0.2) is 12.2 Å². The second-order valence-electron chi connectivity index (χ2n) is 3.73. The highest BCUT2D eigenvalue weighted by atomic mass is 16.5. The van der Waals surface area contributed by atoms with Crippen LogP contribution in [0.3, 0.4) is 0 Å². The van der Waals surface area contributed by atoms with Gasteiger partial charge in [0.2, 0.25) is 0 Å². The topological polar surface area (TPSA) is 9.23 Å². The van der Waals surface area contributed by atoms with Gasteiger partial charge in [0.25, 0.3) is 0 Å². The third kappa shape index (κ3) is 1.48. The molecule has 2 aliphatic rings. The highest BCUT2D eigenvalue weighted by Crippen LogP contribution is 2.36. The van der Waals surface area contributed by atoms with Gasteiger partial charge in [-0.25, -0.2) is 0 Å². The molecule has 0 unspecified atom stereocenters. The van der Waals surface area contributed by atoms with E-state index in [0.29, 0.717) is 0 Å². The van der Waals surface area contributed by atoms with Gasteiger partial charge in [-0.1, -0.05) is 31.4 Å². The zero-order valence-electron chi connectivity index (χ0n) is 7.01. The van der Waals surface area contributed by atoms with E-state index in [4.69, 9.17) is 4.74 Å². The van der Waals surface area contributed by atoms with Gasteiger partial charge in [0, 0.05) is 0 Å². The first-order valence-corrected chi connectivity index (χ1v) is 4.70. The SMILES string of the molecule is C1=CCC2(CCCCC2)OC1. The van der Waals surface area contributed by atoms with E-state index >= 15 is 0 Å². The maximum atomic E-state index is 5.82. The van der Waals surface area contributed by atoms with Gasteiger partial charge in [0.05, 0.1) is 12.2 Å². The molecule has 0 aromatic rings. The highest BCUT2D eigenvalue weighted by Gasteiger charge is 2.32. The Kier molecular flexibility index (Phi) is 1.99. The van der Waals surface area contributed by atoms with Crippen LogP contribution < -0.4 is 0 Å². The molecule has 0 radical (unpaired) electrons. The van der Waals surface area contributed by atoms with Crippen LogP contribution in [0.25, 0.3) is 0 Å². The smallest absolute Gasteiger partial charge is 0.0721 e. The Hall–Kier alpha value is -0.300. The first-order chi connectivity index (χ1) is 5.41. The van der Waals surface area contributed by atoms with Crippen molar-refractivity contribution in [1.29, 1.82) is 0 Å². The van der Waals surface area contributed by atoms with Crippen molar-refractivity contribution in [3.63, 3.8) is 0 Å². The molecular weight excluding hydrogens is 136 g/mol. The maximum Gasteiger partial charge on any atom is 0.0721 e. The molecule has 1 aliphatic heterocycles. The predicted molar refractivity (Wildman–Crippen MR) is 45.5 cm³/mol. The summed E-state index contributed by atoms with van der Waals surface area (Å²) in [5.74, 6) is 0. The number of rotatable bonds is 0. The molecule has 2 rings (SSSR count). The summed E-state index contributed by atoms with van der Waals surface area (Å²) in [7, 11) is 0. The van der Waals surface area contributed by atoms with Crippen molar-refractivity contribution in [2.24, 2.45) is 0 Å². The van der Waals surface area contributed by atoms with Crippen molar-refractivity contribution in [2.75, 3.05) is 6.61 Å². The van der Waals surface area contributed by atoms with Gasteiger partial charge < -0.3 is 4.74 Å². The molecule has 1 aliphatic carbocycles. The number of ether oxygens (including phenoxy) is 1. The average Bonchev–Trinajstić information content (AvgIpc) is 2.07. The molecule has 0 bridgehead atoms. The van der Waals surface area contributed by atoms with Crippen molar-refractivity contribution >= 4 is 0 Å². The van der Waals surface area contributed by atoms with Crippen LogP contribution in [0.4, 0.5) is 0 Å². The van der Waals surface area contributed by atoms with E-state index < -0.39 is 0 Å². The molecule has 0 N–H and O–H groups in total. The summed E-state index contributed by atoms with van der Waals surface area (Å²) in [6, 6.07) is 0. The standard InChI is InChI=1S/C10H16O/c1-2-6-10(7-3-1)8-4-5-9-11-10/h4-5H,1-3,6-9H2. The molecular formula is C10H16O. The molecule has 1 spiro atoms. The van der Waals surface area contributed by atoms with Gasteiger partial charge >= 0.3 is 0 Å². The van der Waals surface area contributed by atoms with Crippen molar-refractivity contribution in [3.8, 4) is 0 Å². The van der Waals surface area contributed by atoms with Crippen LogP contribution in [-0.2, 0) is 4.74 Å². The van der Waals surface area contributed by atoms with E-state index in [9.17, 15) is 0 Å². The summed E-state index contributed by atoms with van der Waals surface area (Å²) in [5, 5.41) is 0. The molecule has 0 atom stereocenters. The van der Waals surface area contributed by atoms with Gasteiger partial charge in [-0.15, -0.1) is 0 Å². The lowest BCUT2D eigenvalue weighted by atomic mass is 9.81. The zero-order valence-corrected chi connectivity index (χ0v) is 7.01. The lowest BCUT2D eigenvalue weighted by Gasteiger charge is -2.38. The fourth-order valence-corrected chi connectivity index (χ4v) is 2.19. The normalized spacial score (nSPS) is 29.1. The molecule has 11 heavy (non-hydrogen) atoms. The minimum atomic E-state index is 0.271. The van der Waals surface area contributed by atoms with Crippen LogP contribution in [0.2, 0.25) is 0 Å². The second-order valence-corrected chi connectivity index (χ2v) is 3.73. The highest BCUT2D eigenvalue weighted by molar-refractivity contribution is 4.98. The van der Waals surface area contributed by atoms with Crippen LogP contribution >= 0.6 is 0 Å². The lowest BCUT2D eigenvalue weighted by molar-refractivity contribution is -0.0617. The Morgan fingerprint density at radius 3 is 2.45 bits per heavy atom. The van der Waals surface area contributed by atoms with Crippen LogP contribution in [0.1, 0.15) is 38.5 Å². The molecule has 0 aromatic heterocycles. The molecule has 1 heteroatoms. The van der Waals surface area contributed by atoms with E-state index in [0.717, 1.165) is 13.0 Å². The van der Waals surface area contributed by atoms with Crippen LogP contribution in [0.5, 0.6) is 0 Å². The molecule has 0 amide bonds. The van der Waals surface area contributed by atoms with E-state index in [1.807, 2.05) is 0 Å². The van der Waals surface area contributed by atoms with Gasteiger partial charge in [-0.2, -0.15) is 0 Å². The fraction of sp³-hybridized carbons (Fsp3) is 0.800. The number of hydrogen-bond acceptors (Lipinski definition) is 1. The maximum absolute atomic E-state index is 5.82. The average molecular weight is 152 g/mol. The van der Waals surface area contributed by atoms with Crippen molar-refractivity contribution < 1.29 is 4.74 Å². The third-order valence-electron chi connectivity index (χ3n) is 2.91. The third-order valence-corrected chi connectivity index (χ3v) is 2.91. The summed E-state index contributed by atoms with van der Waals surface area (Å²) in [5.41, 5.74) is 0.271. The summed E-state index contributed by atoms with van der Waals surface area (Å²) >= 11 is 0. The van der Waals surface area contributed by atoms with Gasteiger partial charge in [-0.05, 0) is 19.3 Å². The van der Waals surface area contributed by atoms with Gasteiger partial charge in [0.1, 0.15) is 0 Å². The molecule has 1 saturated carbocycles. The molecule has 1 fully saturated rings. The predicted octanol–water partition coefficient (Wildman–Crippen LogP) is 2.67. The molecule has 62 valence electrons. The monoisotopic (exact) mass is 152 g/mol. The van der Waals surface area contributed by atoms with Crippen LogP contribution in [0.15, 0.2) is 12.2 Å². The largest absolute Gasteiger partial charge is 0.371 e. The summed E-state index contributed by atoms with van der Waals surface area (Å²) in [4.78, 5) is 0. The van der Waals surface area contributed by atoms with Crippen LogP contribution in [0, 0.1) is 0 Å². The van der Waals surface area contributed by atoms with Gasteiger partial charge in [0.15, 0.2) is 0 Å². The quantitative estimate of drug-likeness (QED) is 0.485. The summed E-state index contributed by atoms with van der Waals surface area (Å²) in [6.45, 7) is 0.847. The zero-order chi connectivity index (χ0) is 7.57. The van der Waals surface area contributed by atoms with Gasteiger partial charge in [-0.3, -0.25) is 0 Å². The Morgan fingerprint density at radius 1 is 1.00 bits per heavy atom. The Balaban J connectivity index is 2.01. The molecule has 0 aromatic carbocycles. The summed E-state index contributed by atoms with van der Waals surface area (Å²) in [6.07, 6.45) is 12.3. The minimum Gasteiger partial charge on any atom is -0.371 e. The van der Waals surface area contributed by atoms with Crippen molar-refractivity contribution in [1.82, 2.24) is 0 Å². The Labute approximate surface area is 68.4 Å². The number of hydrogen-bond donors (Lipinski definition) is 0. The van der Waals surface area contributed by atoms with E-state index in [2.05, 4.69) is 12.2 Å². The van der Waals surface area contributed by atoms with E-state index in [-0.39, 0.29) is 5.60 Å². The van der Waals surface area contributed by atoms with E-state index in [1.165, 1.54) is 32.1 Å². The molecule has 1 heterocycles. The molecule has 1 nitrogen and oxygen atoms in total. The summed E-state index contributed by atoms with van der Waals surface area (Å²) < 4.78 is 5.82. The Morgan fingerprint density at radius 2 is 1.82 bits per heavy atom. The Bertz CT molecular complexity index is 154. The minimum absolute atomic E-state index is 0.271. The van der Waals surface area contributed by atoms with Crippen molar-refractivity contribution in [3.05, 3.63) is 12.2 Å².